The Hall–Kier alpha value is -1.71. The summed E-state index contributed by atoms with van der Waals surface area (Å²) in [6, 6.07) is 10.7. The molecule has 116 valence electrons. The molecule has 1 fully saturated rings. The first kappa shape index (κ1) is 15.7. The quantitative estimate of drug-likeness (QED) is 0.898. The molecule has 0 radical (unpaired) electrons. The zero-order chi connectivity index (χ0) is 15.3. The SMILES string of the molecule is CC(C)(C)OC(=O)N1CCCC(Nc2ccccc2)CC1. The van der Waals surface area contributed by atoms with Gasteiger partial charge < -0.3 is 15.0 Å². The van der Waals surface area contributed by atoms with Crippen molar-refractivity contribution in [1.29, 1.82) is 0 Å². The first-order chi connectivity index (χ1) is 9.94. The number of benzene rings is 1. The van der Waals surface area contributed by atoms with Crippen LogP contribution in [-0.4, -0.2) is 35.7 Å². The van der Waals surface area contributed by atoms with E-state index < -0.39 is 5.60 Å². The fraction of sp³-hybridized carbons (Fsp3) is 0.588. The first-order valence-electron chi connectivity index (χ1n) is 7.73. The number of hydrogen-bond donors (Lipinski definition) is 1. The third-order valence-corrected chi connectivity index (χ3v) is 3.52. The molecule has 2 rings (SSSR count). The number of amides is 1. The van der Waals surface area contributed by atoms with E-state index in [0.717, 1.165) is 38.0 Å². The molecule has 1 aliphatic heterocycles. The summed E-state index contributed by atoms with van der Waals surface area (Å²) in [5.74, 6) is 0. The fourth-order valence-corrected chi connectivity index (χ4v) is 2.52. The van der Waals surface area contributed by atoms with Crippen molar-refractivity contribution in [3.63, 3.8) is 0 Å². The average molecular weight is 290 g/mol. The van der Waals surface area contributed by atoms with Crippen LogP contribution in [0.15, 0.2) is 30.3 Å². The Bertz CT molecular complexity index is 454. The number of nitrogens with one attached hydrogen (secondary N) is 1. The maximum atomic E-state index is 12.1. The zero-order valence-corrected chi connectivity index (χ0v) is 13.3. The molecule has 21 heavy (non-hydrogen) atoms. The first-order valence-corrected chi connectivity index (χ1v) is 7.73. The van der Waals surface area contributed by atoms with E-state index in [0.29, 0.717) is 6.04 Å². The third-order valence-electron chi connectivity index (χ3n) is 3.52. The van der Waals surface area contributed by atoms with Gasteiger partial charge in [0.15, 0.2) is 0 Å². The lowest BCUT2D eigenvalue weighted by atomic mass is 10.1. The fourth-order valence-electron chi connectivity index (χ4n) is 2.52. The van der Waals surface area contributed by atoms with E-state index in [1.54, 1.807) is 0 Å². The molecule has 1 N–H and O–H groups in total. The largest absolute Gasteiger partial charge is 0.444 e. The van der Waals surface area contributed by atoms with Gasteiger partial charge in [-0.05, 0) is 52.2 Å². The summed E-state index contributed by atoms with van der Waals surface area (Å²) < 4.78 is 5.45. The molecule has 1 aliphatic rings. The molecule has 0 aliphatic carbocycles. The van der Waals surface area contributed by atoms with Crippen molar-refractivity contribution in [2.75, 3.05) is 18.4 Å². The molecule has 1 heterocycles. The highest BCUT2D eigenvalue weighted by Gasteiger charge is 2.25. The van der Waals surface area contributed by atoms with E-state index in [2.05, 4.69) is 17.4 Å². The van der Waals surface area contributed by atoms with Crippen LogP contribution in [0.5, 0.6) is 0 Å². The van der Waals surface area contributed by atoms with Crippen molar-refractivity contribution in [2.45, 2.75) is 51.7 Å². The number of rotatable bonds is 2. The maximum Gasteiger partial charge on any atom is 0.410 e. The molecular weight excluding hydrogens is 264 g/mol. The standard InChI is InChI=1S/C17H26N2O2/c1-17(2,3)21-16(20)19-12-7-10-15(11-13-19)18-14-8-5-4-6-9-14/h4-6,8-9,15,18H,7,10-13H2,1-3H3. The molecular formula is C17H26N2O2. The molecule has 1 unspecified atom stereocenters. The normalized spacial score (nSPS) is 19.8. The van der Waals surface area contributed by atoms with Crippen molar-refractivity contribution < 1.29 is 9.53 Å². The van der Waals surface area contributed by atoms with E-state index in [-0.39, 0.29) is 6.09 Å². The zero-order valence-electron chi connectivity index (χ0n) is 13.3. The monoisotopic (exact) mass is 290 g/mol. The Balaban J connectivity index is 1.86. The summed E-state index contributed by atoms with van der Waals surface area (Å²) in [7, 11) is 0. The Labute approximate surface area is 127 Å². The smallest absolute Gasteiger partial charge is 0.410 e. The molecule has 1 atom stereocenters. The second-order valence-electron chi connectivity index (χ2n) is 6.61. The van der Waals surface area contributed by atoms with Gasteiger partial charge >= 0.3 is 6.09 Å². The van der Waals surface area contributed by atoms with Crippen LogP contribution in [0.1, 0.15) is 40.0 Å². The minimum atomic E-state index is -0.426. The van der Waals surface area contributed by atoms with Gasteiger partial charge in [-0.25, -0.2) is 4.79 Å². The number of ether oxygens (including phenoxy) is 1. The van der Waals surface area contributed by atoms with Crippen molar-refractivity contribution in [3.05, 3.63) is 30.3 Å². The summed E-state index contributed by atoms with van der Waals surface area (Å²) in [6.45, 7) is 7.24. The van der Waals surface area contributed by atoms with Crippen LogP contribution in [-0.2, 0) is 4.74 Å². The predicted octanol–water partition coefficient (Wildman–Crippen LogP) is 3.89. The number of hydrogen-bond acceptors (Lipinski definition) is 3. The summed E-state index contributed by atoms with van der Waals surface area (Å²) in [5, 5.41) is 3.55. The van der Waals surface area contributed by atoms with Gasteiger partial charge in [0.05, 0.1) is 0 Å². The van der Waals surface area contributed by atoms with Gasteiger partial charge in [0.1, 0.15) is 5.60 Å². The molecule has 1 saturated heterocycles. The second-order valence-corrected chi connectivity index (χ2v) is 6.61. The van der Waals surface area contributed by atoms with Gasteiger partial charge in [0, 0.05) is 24.8 Å². The lowest BCUT2D eigenvalue weighted by molar-refractivity contribution is 0.0256. The van der Waals surface area contributed by atoms with Crippen molar-refractivity contribution in [2.24, 2.45) is 0 Å². The Morgan fingerprint density at radius 2 is 1.90 bits per heavy atom. The van der Waals surface area contributed by atoms with Crippen LogP contribution in [0.2, 0.25) is 0 Å². The van der Waals surface area contributed by atoms with E-state index in [1.807, 2.05) is 43.9 Å². The highest BCUT2D eigenvalue weighted by atomic mass is 16.6. The average Bonchev–Trinajstić information content (AvgIpc) is 2.64. The lowest BCUT2D eigenvalue weighted by Gasteiger charge is -2.26. The molecule has 0 aromatic heterocycles. The highest BCUT2D eigenvalue weighted by Crippen LogP contribution is 2.18. The van der Waals surface area contributed by atoms with E-state index in [4.69, 9.17) is 4.74 Å². The van der Waals surface area contributed by atoms with Gasteiger partial charge in [-0.3, -0.25) is 0 Å². The Morgan fingerprint density at radius 1 is 1.19 bits per heavy atom. The minimum Gasteiger partial charge on any atom is -0.444 e. The molecule has 4 heteroatoms. The lowest BCUT2D eigenvalue weighted by Crippen LogP contribution is -2.37. The number of carbonyl (C=O) groups is 1. The van der Waals surface area contributed by atoms with E-state index in [9.17, 15) is 4.79 Å². The van der Waals surface area contributed by atoms with Gasteiger partial charge in [0.25, 0.3) is 0 Å². The molecule has 0 bridgehead atoms. The summed E-state index contributed by atoms with van der Waals surface area (Å²) >= 11 is 0. The molecule has 1 amide bonds. The Kier molecular flexibility index (Phi) is 5.10. The van der Waals surface area contributed by atoms with Crippen LogP contribution < -0.4 is 5.32 Å². The van der Waals surface area contributed by atoms with E-state index >= 15 is 0 Å². The topological polar surface area (TPSA) is 41.6 Å². The van der Waals surface area contributed by atoms with Crippen LogP contribution in [0.4, 0.5) is 10.5 Å². The number of carbonyl (C=O) groups excluding carboxylic acids is 1. The van der Waals surface area contributed by atoms with Crippen molar-refractivity contribution in [3.8, 4) is 0 Å². The molecule has 1 aromatic carbocycles. The van der Waals surface area contributed by atoms with Crippen LogP contribution >= 0.6 is 0 Å². The molecule has 0 saturated carbocycles. The molecule has 0 spiro atoms. The third kappa shape index (κ3) is 5.29. The summed E-state index contributed by atoms with van der Waals surface area (Å²) in [4.78, 5) is 13.9. The second kappa shape index (κ2) is 6.83. The summed E-state index contributed by atoms with van der Waals surface area (Å²) in [5.41, 5.74) is 0.721. The summed E-state index contributed by atoms with van der Waals surface area (Å²) in [6.07, 6.45) is 2.84. The van der Waals surface area contributed by atoms with Crippen molar-refractivity contribution in [1.82, 2.24) is 4.90 Å². The minimum absolute atomic E-state index is 0.192. The van der Waals surface area contributed by atoms with Crippen molar-refractivity contribution >= 4 is 11.8 Å². The van der Waals surface area contributed by atoms with Gasteiger partial charge in [-0.1, -0.05) is 18.2 Å². The molecule has 4 nitrogen and oxygen atoms in total. The van der Waals surface area contributed by atoms with Gasteiger partial charge in [0.2, 0.25) is 0 Å². The predicted molar refractivity (Wildman–Crippen MR) is 85.5 cm³/mol. The number of anilines is 1. The van der Waals surface area contributed by atoms with Crippen LogP contribution in [0.25, 0.3) is 0 Å². The van der Waals surface area contributed by atoms with Crippen LogP contribution in [0.3, 0.4) is 0 Å². The van der Waals surface area contributed by atoms with Gasteiger partial charge in [-0.15, -0.1) is 0 Å². The van der Waals surface area contributed by atoms with Crippen LogP contribution in [0, 0.1) is 0 Å². The number of likely N-dealkylation sites (tertiary alicyclic amines) is 1. The number of nitrogens with zero attached hydrogens (tertiary/aromatic N) is 1. The van der Waals surface area contributed by atoms with E-state index in [1.165, 1.54) is 0 Å². The highest BCUT2D eigenvalue weighted by molar-refractivity contribution is 5.68. The number of para-hydroxylation sites is 1. The van der Waals surface area contributed by atoms with Gasteiger partial charge in [-0.2, -0.15) is 0 Å². The Morgan fingerprint density at radius 3 is 2.57 bits per heavy atom. The molecule has 1 aromatic rings. The maximum absolute atomic E-state index is 12.1.